The molecule has 2 rings (SSSR count). The van der Waals surface area contributed by atoms with Crippen LogP contribution in [-0.2, 0) is 23.8 Å². The summed E-state index contributed by atoms with van der Waals surface area (Å²) < 4.78 is 74.2. The molecule has 7 nitrogen and oxygen atoms in total. The molecule has 0 spiro atoms. The summed E-state index contributed by atoms with van der Waals surface area (Å²) in [6.07, 6.45) is 0.281. The van der Waals surface area contributed by atoms with Crippen LogP contribution in [0.25, 0.3) is 0 Å². The van der Waals surface area contributed by atoms with E-state index in [1.807, 2.05) is 0 Å². The molecule has 2 aliphatic heterocycles. The zero-order valence-electron chi connectivity index (χ0n) is 13.3. The first-order chi connectivity index (χ1) is 10.8. The highest BCUT2D eigenvalue weighted by molar-refractivity contribution is 7.87. The third-order valence-electron chi connectivity index (χ3n) is 3.27. The number of halogens is 3. The Balaban J connectivity index is 2.20. The normalized spacial score (nSPS) is 25.1. The molecular weight excluding hydrogens is 355 g/mol. The molecule has 0 aromatic rings. The van der Waals surface area contributed by atoms with E-state index >= 15 is 0 Å². The van der Waals surface area contributed by atoms with Gasteiger partial charge >= 0.3 is 21.7 Å². The first kappa shape index (κ1) is 18.8. The molecular formula is C13H18F3NO6S. The zero-order valence-corrected chi connectivity index (χ0v) is 14.1. The minimum absolute atomic E-state index is 0.00860. The van der Waals surface area contributed by atoms with Crippen LogP contribution in [0.3, 0.4) is 0 Å². The van der Waals surface area contributed by atoms with Crippen molar-refractivity contribution >= 4 is 16.2 Å². The molecule has 2 unspecified atom stereocenters. The van der Waals surface area contributed by atoms with E-state index in [0.29, 0.717) is 0 Å². The largest absolute Gasteiger partial charge is 0.534 e. The fraction of sp³-hybridized carbons (Fsp3) is 0.769. The Morgan fingerprint density at radius 2 is 1.92 bits per heavy atom. The Kier molecular flexibility index (Phi) is 4.79. The van der Waals surface area contributed by atoms with Crippen LogP contribution >= 0.6 is 0 Å². The third-order valence-corrected chi connectivity index (χ3v) is 4.27. The molecule has 138 valence electrons. The Morgan fingerprint density at radius 3 is 2.42 bits per heavy atom. The molecule has 2 atom stereocenters. The van der Waals surface area contributed by atoms with Crippen molar-refractivity contribution in [3.8, 4) is 0 Å². The fourth-order valence-corrected chi connectivity index (χ4v) is 2.91. The van der Waals surface area contributed by atoms with Crippen LogP contribution in [0, 0.1) is 0 Å². The highest BCUT2D eigenvalue weighted by Crippen LogP contribution is 2.33. The minimum Gasteiger partial charge on any atom is -0.444 e. The maximum atomic E-state index is 12.4. The predicted octanol–water partition coefficient (Wildman–Crippen LogP) is 2.14. The zero-order chi connectivity index (χ0) is 18.3. The van der Waals surface area contributed by atoms with Crippen LogP contribution in [0.4, 0.5) is 18.0 Å². The molecule has 1 amide bonds. The standard InChI is InChI=1S/C13H18F3NO6S/c1-12(2,3)22-11(18)17-8-4-10(5-9(17)7-21-6-8)23-24(19,20)13(14,15)16/h4,8-9H,5-7H2,1-3H3. The van der Waals surface area contributed by atoms with Gasteiger partial charge in [0.1, 0.15) is 11.4 Å². The lowest BCUT2D eigenvalue weighted by Gasteiger charge is -2.44. The molecule has 2 aliphatic rings. The summed E-state index contributed by atoms with van der Waals surface area (Å²) in [6.45, 7) is 5.10. The van der Waals surface area contributed by atoms with Crippen LogP contribution in [0.15, 0.2) is 11.8 Å². The van der Waals surface area contributed by atoms with E-state index in [-0.39, 0.29) is 25.4 Å². The number of rotatable bonds is 2. The van der Waals surface area contributed by atoms with Gasteiger partial charge in [-0.2, -0.15) is 21.6 Å². The minimum atomic E-state index is -5.74. The predicted molar refractivity (Wildman–Crippen MR) is 75.2 cm³/mol. The van der Waals surface area contributed by atoms with Gasteiger partial charge in [-0.05, 0) is 26.8 Å². The molecule has 1 fully saturated rings. The number of ether oxygens (including phenoxy) is 2. The van der Waals surface area contributed by atoms with E-state index in [1.165, 1.54) is 4.90 Å². The van der Waals surface area contributed by atoms with Crippen LogP contribution in [0.2, 0.25) is 0 Å². The van der Waals surface area contributed by atoms with E-state index in [9.17, 15) is 26.4 Å². The lowest BCUT2D eigenvalue weighted by atomic mass is 10.0. The topological polar surface area (TPSA) is 82.1 Å². The molecule has 0 saturated carbocycles. The van der Waals surface area contributed by atoms with E-state index in [2.05, 4.69) is 4.18 Å². The van der Waals surface area contributed by atoms with Crippen molar-refractivity contribution in [3.63, 3.8) is 0 Å². The van der Waals surface area contributed by atoms with Crippen molar-refractivity contribution in [3.05, 3.63) is 11.8 Å². The highest BCUT2D eigenvalue weighted by Gasteiger charge is 2.50. The number of hydrogen-bond donors (Lipinski definition) is 0. The van der Waals surface area contributed by atoms with Crippen LogP contribution in [0.5, 0.6) is 0 Å². The number of morpholine rings is 1. The van der Waals surface area contributed by atoms with Crippen LogP contribution in [0.1, 0.15) is 27.2 Å². The smallest absolute Gasteiger partial charge is 0.444 e. The SMILES string of the molecule is CC(C)(C)OC(=O)N1C2C=C(OS(=O)(=O)C(F)(F)F)CC1COC2. The van der Waals surface area contributed by atoms with E-state index in [0.717, 1.165) is 6.08 Å². The van der Waals surface area contributed by atoms with Crippen molar-refractivity contribution < 1.29 is 40.0 Å². The quantitative estimate of drug-likeness (QED) is 0.545. The Hall–Kier alpha value is -1.49. The summed E-state index contributed by atoms with van der Waals surface area (Å²) >= 11 is 0. The molecule has 11 heteroatoms. The molecule has 1 saturated heterocycles. The molecule has 0 radical (unpaired) electrons. The Morgan fingerprint density at radius 1 is 1.29 bits per heavy atom. The van der Waals surface area contributed by atoms with Crippen LogP contribution < -0.4 is 0 Å². The number of nitrogens with zero attached hydrogens (tertiary/aromatic N) is 1. The first-order valence-electron chi connectivity index (χ1n) is 7.11. The number of amides is 1. The monoisotopic (exact) mass is 373 g/mol. The molecule has 0 aromatic heterocycles. The maximum absolute atomic E-state index is 12.4. The fourth-order valence-electron chi connectivity index (χ4n) is 2.41. The average molecular weight is 373 g/mol. The van der Waals surface area contributed by atoms with Gasteiger partial charge in [-0.15, -0.1) is 0 Å². The van der Waals surface area contributed by atoms with Crippen LogP contribution in [-0.4, -0.2) is 55.8 Å². The second kappa shape index (κ2) is 6.10. The molecule has 0 N–H and O–H groups in total. The van der Waals surface area contributed by atoms with Gasteiger partial charge < -0.3 is 13.7 Å². The van der Waals surface area contributed by atoms with E-state index < -0.39 is 39.4 Å². The number of carbonyl (C=O) groups excluding carboxylic acids is 1. The third kappa shape index (κ3) is 4.12. The highest BCUT2D eigenvalue weighted by atomic mass is 32.2. The lowest BCUT2D eigenvalue weighted by Crippen LogP contribution is -2.57. The van der Waals surface area contributed by atoms with Gasteiger partial charge in [0.15, 0.2) is 0 Å². The van der Waals surface area contributed by atoms with E-state index in [4.69, 9.17) is 9.47 Å². The lowest BCUT2D eigenvalue weighted by molar-refractivity contribution is -0.0621. The summed E-state index contributed by atoms with van der Waals surface area (Å²) in [4.78, 5) is 13.6. The van der Waals surface area contributed by atoms with Gasteiger partial charge in [0.05, 0.1) is 25.3 Å². The summed E-state index contributed by atoms with van der Waals surface area (Å²) in [5, 5.41) is 0. The number of alkyl halides is 3. The molecule has 0 aliphatic carbocycles. The summed E-state index contributed by atoms with van der Waals surface area (Å²) in [5.41, 5.74) is -6.26. The molecule has 0 aromatic carbocycles. The summed E-state index contributed by atoms with van der Waals surface area (Å²) in [7, 11) is -5.74. The van der Waals surface area contributed by atoms with Crippen molar-refractivity contribution in [2.75, 3.05) is 13.2 Å². The second-order valence-corrected chi connectivity index (χ2v) is 8.00. The number of hydrogen-bond acceptors (Lipinski definition) is 6. The molecule has 24 heavy (non-hydrogen) atoms. The Bertz CT molecular complexity index is 637. The number of fused-ring (bicyclic) bond motifs is 2. The van der Waals surface area contributed by atoms with Crippen molar-refractivity contribution in [2.24, 2.45) is 0 Å². The molecule has 2 heterocycles. The van der Waals surface area contributed by atoms with Crippen molar-refractivity contribution in [2.45, 2.75) is 50.4 Å². The van der Waals surface area contributed by atoms with Gasteiger partial charge in [-0.25, -0.2) is 4.79 Å². The molecule has 2 bridgehead atoms. The van der Waals surface area contributed by atoms with Gasteiger partial charge in [-0.3, -0.25) is 4.90 Å². The summed E-state index contributed by atoms with van der Waals surface area (Å²) in [6, 6.07) is -1.42. The first-order valence-corrected chi connectivity index (χ1v) is 8.51. The second-order valence-electron chi connectivity index (χ2n) is 6.47. The van der Waals surface area contributed by atoms with Gasteiger partial charge in [0.2, 0.25) is 0 Å². The Labute approximate surface area is 137 Å². The number of carbonyl (C=O) groups is 1. The maximum Gasteiger partial charge on any atom is 0.534 e. The van der Waals surface area contributed by atoms with Crippen molar-refractivity contribution in [1.82, 2.24) is 4.90 Å². The van der Waals surface area contributed by atoms with Gasteiger partial charge in [0.25, 0.3) is 0 Å². The van der Waals surface area contributed by atoms with Crippen molar-refractivity contribution in [1.29, 1.82) is 0 Å². The summed E-state index contributed by atoms with van der Waals surface area (Å²) in [5.74, 6) is -0.356. The average Bonchev–Trinajstić information content (AvgIpc) is 2.33. The van der Waals surface area contributed by atoms with Gasteiger partial charge in [0, 0.05) is 6.42 Å². The van der Waals surface area contributed by atoms with Gasteiger partial charge in [-0.1, -0.05) is 0 Å². The van der Waals surface area contributed by atoms with E-state index in [1.54, 1.807) is 20.8 Å².